The van der Waals surface area contributed by atoms with E-state index in [4.69, 9.17) is 18.3 Å². The van der Waals surface area contributed by atoms with Crippen molar-refractivity contribution in [3.63, 3.8) is 0 Å². The number of esters is 1. The van der Waals surface area contributed by atoms with Gasteiger partial charge in [-0.2, -0.15) is 0 Å². The number of phosphoric ester groups is 1. The Kier molecular flexibility index (Phi) is 6.72. The minimum atomic E-state index is -3.74. The number of phosphoric acid groups is 1. The van der Waals surface area contributed by atoms with Gasteiger partial charge in [-0.15, -0.1) is 6.58 Å². The summed E-state index contributed by atoms with van der Waals surface area (Å²) in [5.74, 6) is -0.814. The van der Waals surface area contributed by atoms with E-state index >= 15 is 0 Å². The number of carbonyl (C=O) groups is 1. The van der Waals surface area contributed by atoms with Gasteiger partial charge in [-0.1, -0.05) is 6.08 Å². The van der Waals surface area contributed by atoms with Crippen LogP contribution in [0.3, 0.4) is 0 Å². The number of hydrogen-bond acceptors (Lipinski definition) is 6. The molecule has 1 saturated heterocycles. The van der Waals surface area contributed by atoms with E-state index in [2.05, 4.69) is 6.58 Å². The summed E-state index contributed by atoms with van der Waals surface area (Å²) < 4.78 is 32.7. The molecule has 0 bridgehead atoms. The minimum absolute atomic E-state index is 0.164. The lowest BCUT2D eigenvalue weighted by Gasteiger charge is -2.24. The summed E-state index contributed by atoms with van der Waals surface area (Å²) in [4.78, 5) is 11.8. The summed E-state index contributed by atoms with van der Waals surface area (Å²) in [6, 6.07) is 0. The molecule has 0 aromatic carbocycles. The Bertz CT molecular complexity index is 346. The average Bonchev–Trinajstić information content (AvgIpc) is 2.53. The second-order valence-electron chi connectivity index (χ2n) is 4.02. The van der Waals surface area contributed by atoms with E-state index in [0.717, 1.165) is 6.42 Å². The van der Waals surface area contributed by atoms with Crippen LogP contribution in [0.15, 0.2) is 12.7 Å². The van der Waals surface area contributed by atoms with Gasteiger partial charge in [0.2, 0.25) is 0 Å². The van der Waals surface area contributed by atoms with Gasteiger partial charge in [0.25, 0.3) is 0 Å². The molecule has 0 radical (unpaired) electrons. The molecule has 0 saturated carbocycles. The average molecular weight is 292 g/mol. The summed E-state index contributed by atoms with van der Waals surface area (Å²) >= 11 is 0. The molecule has 0 spiro atoms. The van der Waals surface area contributed by atoms with Gasteiger partial charge in [0.1, 0.15) is 0 Å². The predicted octanol–water partition coefficient (Wildman–Crippen LogP) is 2.69. The van der Waals surface area contributed by atoms with Crippen molar-refractivity contribution in [2.75, 3.05) is 19.8 Å². The van der Waals surface area contributed by atoms with Crippen LogP contribution in [-0.2, 0) is 27.7 Å². The van der Waals surface area contributed by atoms with Crippen molar-refractivity contribution < 1.29 is 27.7 Å². The van der Waals surface area contributed by atoms with E-state index in [0.29, 0.717) is 13.0 Å². The van der Waals surface area contributed by atoms with Crippen molar-refractivity contribution in [2.45, 2.75) is 32.8 Å². The maximum absolute atomic E-state index is 12.3. The first-order valence-electron chi connectivity index (χ1n) is 6.43. The number of cyclic esters (lactones) is 1. The SMILES string of the molecule is C=C[C@@H]1CCCOC(=O)[C@H]1OP(=O)(OCC)OCC. The molecule has 1 aliphatic rings. The third-order valence-electron chi connectivity index (χ3n) is 2.67. The van der Waals surface area contributed by atoms with E-state index < -0.39 is 19.9 Å². The van der Waals surface area contributed by atoms with Gasteiger partial charge in [-0.3, -0.25) is 13.6 Å². The lowest BCUT2D eigenvalue weighted by molar-refractivity contribution is -0.153. The number of rotatable bonds is 7. The highest BCUT2D eigenvalue weighted by atomic mass is 31.2. The van der Waals surface area contributed by atoms with E-state index in [1.54, 1.807) is 19.9 Å². The van der Waals surface area contributed by atoms with Crippen molar-refractivity contribution in [1.29, 1.82) is 0 Å². The minimum Gasteiger partial charge on any atom is -0.464 e. The van der Waals surface area contributed by atoms with Crippen molar-refractivity contribution in [3.05, 3.63) is 12.7 Å². The lowest BCUT2D eigenvalue weighted by atomic mass is 9.98. The Hall–Kier alpha value is -0.680. The molecule has 7 heteroatoms. The van der Waals surface area contributed by atoms with E-state index in [1.165, 1.54) is 0 Å². The topological polar surface area (TPSA) is 71.1 Å². The Morgan fingerprint density at radius 3 is 2.58 bits per heavy atom. The Morgan fingerprint density at radius 2 is 2.05 bits per heavy atom. The van der Waals surface area contributed by atoms with Crippen molar-refractivity contribution in [2.24, 2.45) is 5.92 Å². The fourth-order valence-electron chi connectivity index (χ4n) is 1.82. The molecule has 0 aromatic rings. The Balaban J connectivity index is 2.86. The van der Waals surface area contributed by atoms with Gasteiger partial charge >= 0.3 is 13.8 Å². The highest BCUT2D eigenvalue weighted by molar-refractivity contribution is 7.48. The third-order valence-corrected chi connectivity index (χ3v) is 4.30. The molecule has 1 heterocycles. The van der Waals surface area contributed by atoms with Gasteiger partial charge in [0.05, 0.1) is 19.8 Å². The van der Waals surface area contributed by atoms with Crippen LogP contribution in [0.1, 0.15) is 26.7 Å². The molecule has 1 aliphatic heterocycles. The maximum Gasteiger partial charge on any atom is 0.475 e. The van der Waals surface area contributed by atoms with Crippen LogP contribution in [0.5, 0.6) is 0 Å². The first-order chi connectivity index (χ1) is 9.06. The monoisotopic (exact) mass is 292 g/mol. The third kappa shape index (κ3) is 4.73. The summed E-state index contributed by atoms with van der Waals surface area (Å²) in [5.41, 5.74) is 0. The van der Waals surface area contributed by atoms with Crippen LogP contribution in [0, 0.1) is 5.92 Å². The molecular formula is C12H21O6P. The van der Waals surface area contributed by atoms with Crippen molar-refractivity contribution in [1.82, 2.24) is 0 Å². The van der Waals surface area contributed by atoms with Crippen LogP contribution in [0.2, 0.25) is 0 Å². The van der Waals surface area contributed by atoms with E-state index in [-0.39, 0.29) is 19.1 Å². The predicted molar refractivity (Wildman–Crippen MR) is 69.6 cm³/mol. The number of carbonyl (C=O) groups excluding carboxylic acids is 1. The molecule has 0 aromatic heterocycles. The van der Waals surface area contributed by atoms with Crippen LogP contribution in [0.25, 0.3) is 0 Å². The molecule has 0 unspecified atom stereocenters. The molecule has 110 valence electrons. The van der Waals surface area contributed by atoms with Crippen LogP contribution < -0.4 is 0 Å². The van der Waals surface area contributed by atoms with Crippen molar-refractivity contribution in [3.8, 4) is 0 Å². The Labute approximate surface area is 113 Å². The highest BCUT2D eigenvalue weighted by Gasteiger charge is 2.39. The quantitative estimate of drug-likeness (QED) is 0.408. The molecule has 19 heavy (non-hydrogen) atoms. The smallest absolute Gasteiger partial charge is 0.464 e. The molecule has 6 nitrogen and oxygen atoms in total. The molecule has 0 amide bonds. The zero-order chi connectivity index (χ0) is 14.3. The van der Waals surface area contributed by atoms with E-state index in [1.807, 2.05) is 0 Å². The second kappa shape index (κ2) is 7.80. The summed E-state index contributed by atoms with van der Waals surface area (Å²) in [6.07, 6.45) is 2.01. The second-order valence-corrected chi connectivity index (χ2v) is 5.64. The maximum atomic E-state index is 12.3. The van der Waals surface area contributed by atoms with Crippen LogP contribution in [-0.4, -0.2) is 31.9 Å². The summed E-state index contributed by atoms with van der Waals surface area (Å²) in [6.45, 7) is 7.68. The van der Waals surface area contributed by atoms with Crippen molar-refractivity contribution >= 4 is 13.8 Å². The molecule has 1 fully saturated rings. The first-order valence-corrected chi connectivity index (χ1v) is 7.89. The van der Waals surface area contributed by atoms with Crippen LogP contribution >= 0.6 is 7.82 Å². The molecular weight excluding hydrogens is 271 g/mol. The first kappa shape index (κ1) is 16.4. The molecule has 0 N–H and O–H groups in total. The van der Waals surface area contributed by atoms with E-state index in [9.17, 15) is 9.36 Å². The number of hydrogen-bond donors (Lipinski definition) is 0. The van der Waals surface area contributed by atoms with Gasteiger partial charge in [0.15, 0.2) is 6.10 Å². The zero-order valence-electron chi connectivity index (χ0n) is 11.4. The normalized spacial score (nSPS) is 24.6. The Morgan fingerprint density at radius 1 is 1.42 bits per heavy atom. The molecule has 0 aliphatic carbocycles. The summed E-state index contributed by atoms with van der Waals surface area (Å²) in [5, 5.41) is 0. The summed E-state index contributed by atoms with van der Waals surface area (Å²) in [7, 11) is -3.74. The van der Waals surface area contributed by atoms with Gasteiger partial charge in [-0.05, 0) is 26.7 Å². The fraction of sp³-hybridized carbons (Fsp3) is 0.750. The van der Waals surface area contributed by atoms with Gasteiger partial charge in [-0.25, -0.2) is 9.36 Å². The lowest BCUT2D eigenvalue weighted by Crippen LogP contribution is -2.31. The fourth-order valence-corrected chi connectivity index (χ4v) is 3.17. The standard InChI is InChI=1S/C12H21O6P/c1-4-10-8-7-9-15-12(13)11(10)18-19(14,16-5-2)17-6-3/h4,10-11H,1,5-9H2,2-3H3/t10-,11+/m1/s1. The van der Waals surface area contributed by atoms with Gasteiger partial charge < -0.3 is 4.74 Å². The largest absolute Gasteiger partial charge is 0.475 e. The van der Waals surface area contributed by atoms with Gasteiger partial charge in [0, 0.05) is 5.92 Å². The number of ether oxygens (including phenoxy) is 1. The zero-order valence-corrected chi connectivity index (χ0v) is 12.3. The molecule has 2 atom stereocenters. The highest BCUT2D eigenvalue weighted by Crippen LogP contribution is 2.51. The molecule has 1 rings (SSSR count). The van der Waals surface area contributed by atoms with Crippen LogP contribution in [0.4, 0.5) is 0 Å².